The summed E-state index contributed by atoms with van der Waals surface area (Å²) in [7, 11) is 0. The molecule has 0 amide bonds. The molecule has 0 radical (unpaired) electrons. The van der Waals surface area contributed by atoms with Crippen molar-refractivity contribution in [3.63, 3.8) is 0 Å². The van der Waals surface area contributed by atoms with Crippen LogP contribution < -0.4 is 5.73 Å². The summed E-state index contributed by atoms with van der Waals surface area (Å²) in [6, 6.07) is 13.1. The van der Waals surface area contributed by atoms with Gasteiger partial charge in [0.1, 0.15) is 5.82 Å². The van der Waals surface area contributed by atoms with E-state index in [0.29, 0.717) is 33.5 Å². The maximum absolute atomic E-state index is 15.5. The van der Waals surface area contributed by atoms with E-state index < -0.39 is 17.6 Å². The largest absolute Gasteiger partial charge is 0.416 e. The van der Waals surface area contributed by atoms with Gasteiger partial charge in [0.25, 0.3) is 0 Å². The number of alkyl halides is 3. The fourth-order valence-electron chi connectivity index (χ4n) is 3.84. The van der Waals surface area contributed by atoms with Crippen LogP contribution in [0.25, 0.3) is 27.9 Å². The molecule has 0 aliphatic rings. The summed E-state index contributed by atoms with van der Waals surface area (Å²) in [6.07, 6.45) is 0.469. The van der Waals surface area contributed by atoms with Crippen LogP contribution in [0.15, 0.2) is 73.2 Å². The molecule has 5 aromatic rings. The smallest absolute Gasteiger partial charge is 0.366 e. The summed E-state index contributed by atoms with van der Waals surface area (Å²) in [5, 5.41) is 8.34. The van der Waals surface area contributed by atoms with Gasteiger partial charge in [-0.05, 0) is 42.3 Å². The molecule has 0 aliphatic carbocycles. The fourth-order valence-corrected chi connectivity index (χ4v) is 3.84. The van der Waals surface area contributed by atoms with Crippen LogP contribution in [0.3, 0.4) is 0 Å². The minimum Gasteiger partial charge on any atom is -0.366 e. The van der Waals surface area contributed by atoms with Gasteiger partial charge < -0.3 is 5.73 Å². The lowest BCUT2D eigenvalue weighted by Crippen LogP contribution is -2.09. The van der Waals surface area contributed by atoms with Crippen LogP contribution in [0.5, 0.6) is 0 Å². The first kappa shape index (κ1) is 21.6. The molecule has 2 aromatic carbocycles. The van der Waals surface area contributed by atoms with Gasteiger partial charge in [0.2, 0.25) is 5.95 Å². The van der Waals surface area contributed by atoms with Crippen molar-refractivity contribution in [2.75, 3.05) is 5.73 Å². The molecular weight excluding hydrogens is 448 g/mol. The molecule has 3 aromatic heterocycles. The predicted molar refractivity (Wildman–Crippen MR) is 119 cm³/mol. The maximum Gasteiger partial charge on any atom is 0.416 e. The Hall–Kier alpha value is -4.21. The number of hydrogen-bond donors (Lipinski definition) is 1. The third-order valence-electron chi connectivity index (χ3n) is 5.69. The number of aromatic nitrogens is 5. The topological polar surface area (TPSA) is 74.0 Å². The molecule has 0 bridgehead atoms. The quantitative estimate of drug-likeness (QED) is 0.350. The van der Waals surface area contributed by atoms with Crippen LogP contribution in [0.2, 0.25) is 0 Å². The van der Waals surface area contributed by atoms with E-state index in [1.165, 1.54) is 22.8 Å². The monoisotopic (exact) mass is 466 g/mol. The lowest BCUT2D eigenvalue weighted by molar-refractivity contribution is -0.137. The van der Waals surface area contributed by atoms with Crippen molar-refractivity contribution in [1.82, 2.24) is 24.4 Å². The molecule has 0 saturated carbocycles. The van der Waals surface area contributed by atoms with Crippen molar-refractivity contribution in [1.29, 1.82) is 0 Å². The van der Waals surface area contributed by atoms with Gasteiger partial charge in [0, 0.05) is 29.1 Å². The first-order chi connectivity index (χ1) is 16.2. The van der Waals surface area contributed by atoms with Crippen LogP contribution in [-0.4, -0.2) is 24.4 Å². The van der Waals surface area contributed by atoms with Crippen LogP contribution in [0, 0.1) is 5.82 Å². The zero-order chi connectivity index (χ0) is 24.0. The molecule has 10 heteroatoms. The molecule has 0 spiro atoms. The van der Waals surface area contributed by atoms with Crippen LogP contribution in [0.4, 0.5) is 23.5 Å². The molecule has 0 fully saturated rings. The van der Waals surface area contributed by atoms with Gasteiger partial charge >= 0.3 is 6.18 Å². The Bertz CT molecular complexity index is 1480. The predicted octanol–water partition coefficient (Wildman–Crippen LogP) is 5.61. The van der Waals surface area contributed by atoms with Crippen molar-refractivity contribution < 1.29 is 17.6 Å². The van der Waals surface area contributed by atoms with Crippen molar-refractivity contribution in [2.45, 2.75) is 19.1 Å². The Balaban J connectivity index is 1.46. The summed E-state index contributed by atoms with van der Waals surface area (Å²) in [5.74, 6) is -0.304. The number of hydrogen-bond acceptors (Lipinski definition) is 4. The molecule has 34 heavy (non-hydrogen) atoms. The van der Waals surface area contributed by atoms with E-state index in [9.17, 15) is 13.2 Å². The molecular formula is C24H18F4N6. The number of nitrogens with zero attached hydrogens (tertiary/aromatic N) is 5. The molecule has 172 valence electrons. The molecule has 1 atom stereocenters. The van der Waals surface area contributed by atoms with E-state index in [-0.39, 0.29) is 12.0 Å². The average Bonchev–Trinajstić information content (AvgIpc) is 3.44. The number of benzene rings is 2. The Kier molecular flexibility index (Phi) is 5.07. The van der Waals surface area contributed by atoms with E-state index in [1.54, 1.807) is 47.4 Å². The van der Waals surface area contributed by atoms with Gasteiger partial charge in [-0.3, -0.25) is 4.68 Å². The normalized spacial score (nSPS) is 12.9. The molecule has 0 unspecified atom stereocenters. The van der Waals surface area contributed by atoms with Crippen molar-refractivity contribution in [2.24, 2.45) is 0 Å². The second-order valence-electron chi connectivity index (χ2n) is 7.86. The average molecular weight is 466 g/mol. The summed E-state index contributed by atoms with van der Waals surface area (Å²) in [6.45, 7) is 1.81. The minimum atomic E-state index is -4.39. The van der Waals surface area contributed by atoms with Gasteiger partial charge in [-0.25, -0.2) is 8.91 Å². The van der Waals surface area contributed by atoms with Crippen molar-refractivity contribution in [3.05, 3.63) is 90.1 Å². The molecule has 5 rings (SSSR count). The second-order valence-corrected chi connectivity index (χ2v) is 7.86. The fraction of sp³-hybridized carbons (Fsp3) is 0.125. The Morgan fingerprint density at radius 1 is 0.971 bits per heavy atom. The summed E-state index contributed by atoms with van der Waals surface area (Å²) in [4.78, 5) is 4.11. The van der Waals surface area contributed by atoms with Gasteiger partial charge in [-0.2, -0.15) is 23.3 Å². The molecule has 0 aliphatic heterocycles. The van der Waals surface area contributed by atoms with Gasteiger partial charge in [-0.1, -0.05) is 30.3 Å². The number of pyridine rings is 1. The highest BCUT2D eigenvalue weighted by Gasteiger charge is 2.30. The van der Waals surface area contributed by atoms with E-state index in [0.717, 1.165) is 12.1 Å². The van der Waals surface area contributed by atoms with E-state index >= 15 is 4.39 Å². The SMILES string of the molecule is C[C@H](c1ccc(C(F)(F)F)cc1)n1cc(-c2cccc(-c3ccn4nc(N)nc4c3)c2F)cn1. The van der Waals surface area contributed by atoms with Crippen LogP contribution in [0.1, 0.15) is 24.1 Å². The highest BCUT2D eigenvalue weighted by Crippen LogP contribution is 2.33. The Labute approximate surface area is 191 Å². The number of halogens is 4. The first-order valence-electron chi connectivity index (χ1n) is 10.3. The van der Waals surface area contributed by atoms with Gasteiger partial charge in [-0.15, -0.1) is 5.10 Å². The van der Waals surface area contributed by atoms with Crippen LogP contribution in [-0.2, 0) is 6.18 Å². The first-order valence-corrected chi connectivity index (χ1v) is 10.3. The molecule has 6 nitrogen and oxygen atoms in total. The van der Waals surface area contributed by atoms with Gasteiger partial charge in [0.05, 0.1) is 17.8 Å². The summed E-state index contributed by atoms with van der Waals surface area (Å²) >= 11 is 0. The minimum absolute atomic E-state index is 0.126. The lowest BCUT2D eigenvalue weighted by Gasteiger charge is -2.14. The summed E-state index contributed by atoms with van der Waals surface area (Å²) in [5.41, 5.74) is 7.96. The molecule has 0 saturated heterocycles. The van der Waals surface area contributed by atoms with Gasteiger partial charge in [0.15, 0.2) is 5.65 Å². The number of nitrogen functional groups attached to an aromatic ring is 1. The van der Waals surface area contributed by atoms with Crippen LogP contribution >= 0.6 is 0 Å². The third kappa shape index (κ3) is 3.87. The molecule has 3 heterocycles. The zero-order valence-corrected chi connectivity index (χ0v) is 17.8. The number of rotatable bonds is 4. The molecule has 2 N–H and O–H groups in total. The maximum atomic E-state index is 15.5. The second kappa shape index (κ2) is 7.98. The van der Waals surface area contributed by atoms with Crippen molar-refractivity contribution >= 4 is 11.6 Å². The van der Waals surface area contributed by atoms with E-state index in [4.69, 9.17) is 5.73 Å². The highest BCUT2D eigenvalue weighted by atomic mass is 19.4. The summed E-state index contributed by atoms with van der Waals surface area (Å²) < 4.78 is 57.1. The van der Waals surface area contributed by atoms with Crippen molar-refractivity contribution in [3.8, 4) is 22.3 Å². The van der Waals surface area contributed by atoms with E-state index in [1.807, 2.05) is 6.92 Å². The number of anilines is 1. The lowest BCUT2D eigenvalue weighted by atomic mass is 10.00. The highest BCUT2D eigenvalue weighted by molar-refractivity contribution is 5.75. The Morgan fingerprint density at radius 3 is 2.38 bits per heavy atom. The number of nitrogens with two attached hydrogens (primary N) is 1. The number of fused-ring (bicyclic) bond motifs is 1. The Morgan fingerprint density at radius 2 is 1.68 bits per heavy atom. The standard InChI is InChI=1S/C24H18F4N6/c1-14(15-5-7-18(8-6-15)24(26,27)28)34-13-17(12-30-34)20-4-2-3-19(22(20)25)16-9-10-33-21(11-16)31-23(29)32-33/h2-14H,1H3,(H2,29,32)/t14-/m1/s1. The van der Waals surface area contributed by atoms with E-state index in [2.05, 4.69) is 15.2 Å². The third-order valence-corrected chi connectivity index (χ3v) is 5.69. The zero-order valence-electron chi connectivity index (χ0n) is 17.8.